The molecule has 2 aromatic carbocycles. The van der Waals surface area contributed by atoms with Gasteiger partial charge in [0.1, 0.15) is 6.04 Å². The molecule has 23 heavy (non-hydrogen) atoms. The predicted octanol–water partition coefficient (Wildman–Crippen LogP) is 3.60. The zero-order chi connectivity index (χ0) is 16.7. The van der Waals surface area contributed by atoms with E-state index in [0.717, 1.165) is 16.8 Å². The summed E-state index contributed by atoms with van der Waals surface area (Å²) in [5.74, 6) is -0.0814. The third-order valence-electron chi connectivity index (χ3n) is 3.43. The summed E-state index contributed by atoms with van der Waals surface area (Å²) in [5, 5.41) is 6.73. The monoisotopic (exact) mass is 332 g/mol. The van der Waals surface area contributed by atoms with Gasteiger partial charge in [-0.25, -0.2) is 0 Å². The summed E-state index contributed by atoms with van der Waals surface area (Å²) in [6, 6.07) is 14.9. The number of methoxy groups -OCH3 is 1. The Morgan fingerprint density at radius 3 is 2.74 bits per heavy atom. The van der Waals surface area contributed by atoms with E-state index in [2.05, 4.69) is 10.6 Å². The molecule has 5 heteroatoms. The van der Waals surface area contributed by atoms with E-state index in [1.807, 2.05) is 55.5 Å². The quantitative estimate of drug-likeness (QED) is 0.814. The molecule has 1 atom stereocenters. The van der Waals surface area contributed by atoms with Gasteiger partial charge in [-0.15, -0.1) is 0 Å². The Morgan fingerprint density at radius 1 is 1.22 bits per heavy atom. The van der Waals surface area contributed by atoms with Crippen molar-refractivity contribution in [2.24, 2.45) is 0 Å². The first-order valence-electron chi connectivity index (χ1n) is 7.45. The van der Waals surface area contributed by atoms with Gasteiger partial charge in [-0.05, 0) is 36.2 Å². The van der Waals surface area contributed by atoms with Crippen molar-refractivity contribution in [2.45, 2.75) is 26.1 Å². The van der Waals surface area contributed by atoms with Crippen molar-refractivity contribution in [1.82, 2.24) is 5.32 Å². The van der Waals surface area contributed by atoms with Crippen LogP contribution in [0.1, 0.15) is 18.1 Å². The number of halogens is 1. The van der Waals surface area contributed by atoms with Crippen molar-refractivity contribution in [2.75, 3.05) is 12.4 Å². The van der Waals surface area contributed by atoms with Crippen LogP contribution in [0.5, 0.6) is 0 Å². The molecule has 0 aliphatic rings. The second kappa shape index (κ2) is 8.56. The second-order valence-corrected chi connectivity index (χ2v) is 5.72. The highest BCUT2D eigenvalue weighted by molar-refractivity contribution is 6.31. The number of amides is 1. The highest BCUT2D eigenvalue weighted by Crippen LogP contribution is 2.15. The molecule has 122 valence electrons. The lowest BCUT2D eigenvalue weighted by Crippen LogP contribution is -2.37. The van der Waals surface area contributed by atoms with Gasteiger partial charge in [0.2, 0.25) is 5.91 Å². The maximum Gasteiger partial charge on any atom is 0.242 e. The normalized spacial score (nSPS) is 11.8. The van der Waals surface area contributed by atoms with E-state index in [9.17, 15) is 4.79 Å². The van der Waals surface area contributed by atoms with Crippen LogP contribution in [-0.4, -0.2) is 19.1 Å². The molecule has 0 aliphatic carbocycles. The Morgan fingerprint density at radius 2 is 2.00 bits per heavy atom. The highest BCUT2D eigenvalue weighted by Gasteiger charge is 2.12. The third-order valence-corrected chi connectivity index (χ3v) is 3.79. The smallest absolute Gasteiger partial charge is 0.242 e. The van der Waals surface area contributed by atoms with Crippen LogP contribution in [0.3, 0.4) is 0 Å². The molecule has 0 heterocycles. The SMILES string of the molecule is COCc1cccc(NC(C)C(=O)NCc2ccccc2Cl)c1. The number of hydrogen-bond donors (Lipinski definition) is 2. The average Bonchev–Trinajstić information content (AvgIpc) is 2.54. The summed E-state index contributed by atoms with van der Waals surface area (Å²) in [4.78, 5) is 12.2. The topological polar surface area (TPSA) is 50.4 Å². The minimum absolute atomic E-state index is 0.0814. The van der Waals surface area contributed by atoms with Crippen molar-refractivity contribution < 1.29 is 9.53 Å². The fraction of sp³-hybridized carbons (Fsp3) is 0.278. The van der Waals surface area contributed by atoms with Crippen LogP contribution in [0.15, 0.2) is 48.5 Å². The number of benzene rings is 2. The van der Waals surface area contributed by atoms with E-state index in [1.54, 1.807) is 7.11 Å². The van der Waals surface area contributed by atoms with Crippen molar-refractivity contribution >= 4 is 23.2 Å². The Labute approximate surface area is 141 Å². The number of rotatable bonds is 7. The van der Waals surface area contributed by atoms with E-state index in [-0.39, 0.29) is 11.9 Å². The molecule has 2 aromatic rings. The fourth-order valence-corrected chi connectivity index (χ4v) is 2.41. The summed E-state index contributed by atoms with van der Waals surface area (Å²) in [7, 11) is 1.66. The fourth-order valence-electron chi connectivity index (χ4n) is 2.21. The zero-order valence-electron chi connectivity index (χ0n) is 13.3. The summed E-state index contributed by atoms with van der Waals surface area (Å²) in [6.45, 7) is 2.78. The summed E-state index contributed by atoms with van der Waals surface area (Å²) in [5.41, 5.74) is 2.85. The van der Waals surface area contributed by atoms with Crippen LogP contribution in [0.2, 0.25) is 5.02 Å². The number of carbonyl (C=O) groups excluding carboxylic acids is 1. The molecule has 0 bridgehead atoms. The zero-order valence-corrected chi connectivity index (χ0v) is 14.1. The lowest BCUT2D eigenvalue weighted by molar-refractivity contribution is -0.121. The van der Waals surface area contributed by atoms with E-state index in [1.165, 1.54) is 0 Å². The lowest BCUT2D eigenvalue weighted by Gasteiger charge is -2.16. The van der Waals surface area contributed by atoms with Crippen LogP contribution in [0.4, 0.5) is 5.69 Å². The number of hydrogen-bond acceptors (Lipinski definition) is 3. The maximum atomic E-state index is 12.2. The molecule has 0 aliphatic heterocycles. The van der Waals surface area contributed by atoms with Gasteiger partial charge in [0.25, 0.3) is 0 Å². The second-order valence-electron chi connectivity index (χ2n) is 5.31. The van der Waals surface area contributed by atoms with Gasteiger partial charge in [0.15, 0.2) is 0 Å². The largest absolute Gasteiger partial charge is 0.380 e. The molecular weight excluding hydrogens is 312 g/mol. The lowest BCUT2D eigenvalue weighted by atomic mass is 10.2. The van der Waals surface area contributed by atoms with Crippen LogP contribution < -0.4 is 10.6 Å². The Kier molecular flexibility index (Phi) is 6.44. The van der Waals surface area contributed by atoms with Gasteiger partial charge < -0.3 is 15.4 Å². The van der Waals surface area contributed by atoms with Gasteiger partial charge in [-0.3, -0.25) is 4.79 Å². The summed E-state index contributed by atoms with van der Waals surface area (Å²) in [6.07, 6.45) is 0. The van der Waals surface area contributed by atoms with E-state index in [0.29, 0.717) is 18.2 Å². The van der Waals surface area contributed by atoms with E-state index < -0.39 is 0 Å². The first kappa shape index (κ1) is 17.3. The average molecular weight is 333 g/mol. The molecule has 0 saturated carbocycles. The number of carbonyl (C=O) groups is 1. The van der Waals surface area contributed by atoms with E-state index in [4.69, 9.17) is 16.3 Å². The van der Waals surface area contributed by atoms with Crippen LogP contribution in [-0.2, 0) is 22.7 Å². The third kappa shape index (κ3) is 5.27. The Hall–Kier alpha value is -2.04. The van der Waals surface area contributed by atoms with Crippen molar-refractivity contribution in [1.29, 1.82) is 0 Å². The molecule has 4 nitrogen and oxygen atoms in total. The predicted molar refractivity (Wildman–Crippen MR) is 93.5 cm³/mol. The summed E-state index contributed by atoms with van der Waals surface area (Å²) < 4.78 is 5.11. The molecule has 0 fully saturated rings. The molecule has 0 spiro atoms. The van der Waals surface area contributed by atoms with Gasteiger partial charge >= 0.3 is 0 Å². The Bertz CT molecular complexity index is 661. The number of anilines is 1. The van der Waals surface area contributed by atoms with Crippen molar-refractivity contribution in [3.05, 3.63) is 64.7 Å². The number of nitrogens with one attached hydrogen (secondary N) is 2. The molecule has 0 saturated heterocycles. The van der Waals surface area contributed by atoms with Crippen LogP contribution >= 0.6 is 11.6 Å². The van der Waals surface area contributed by atoms with Crippen molar-refractivity contribution in [3.63, 3.8) is 0 Å². The molecule has 1 amide bonds. The first-order valence-corrected chi connectivity index (χ1v) is 7.83. The van der Waals surface area contributed by atoms with Gasteiger partial charge in [0.05, 0.1) is 6.61 Å². The van der Waals surface area contributed by atoms with Crippen molar-refractivity contribution in [3.8, 4) is 0 Å². The molecule has 1 unspecified atom stereocenters. The molecule has 0 aromatic heterocycles. The molecule has 2 rings (SSSR count). The first-order chi connectivity index (χ1) is 11.1. The van der Waals surface area contributed by atoms with E-state index >= 15 is 0 Å². The Balaban J connectivity index is 1.90. The van der Waals surface area contributed by atoms with Gasteiger partial charge in [0, 0.05) is 24.4 Å². The molecule has 2 N–H and O–H groups in total. The van der Waals surface area contributed by atoms with Crippen LogP contribution in [0, 0.1) is 0 Å². The van der Waals surface area contributed by atoms with Gasteiger partial charge in [-0.1, -0.05) is 41.9 Å². The minimum atomic E-state index is -0.352. The highest BCUT2D eigenvalue weighted by atomic mass is 35.5. The summed E-state index contributed by atoms with van der Waals surface area (Å²) >= 11 is 6.09. The minimum Gasteiger partial charge on any atom is -0.380 e. The maximum absolute atomic E-state index is 12.2. The van der Waals surface area contributed by atoms with Crippen LogP contribution in [0.25, 0.3) is 0 Å². The standard InChI is InChI=1S/C18H21ClN2O2/c1-13(21-16-8-5-6-14(10-16)12-23-2)18(22)20-11-15-7-3-4-9-17(15)19/h3-10,13,21H,11-12H2,1-2H3,(H,20,22). The number of ether oxygens (including phenoxy) is 1. The molecular formula is C18H21ClN2O2. The molecule has 0 radical (unpaired) electrons. The van der Waals surface area contributed by atoms with Gasteiger partial charge in [-0.2, -0.15) is 0 Å².